The van der Waals surface area contributed by atoms with Crippen molar-refractivity contribution in [1.82, 2.24) is 4.98 Å². The Labute approximate surface area is 121 Å². The molecule has 106 valence electrons. The Morgan fingerprint density at radius 3 is 2.90 bits per heavy atom. The quantitative estimate of drug-likeness (QED) is 0.549. The number of aromatic nitrogens is 2. The minimum Gasteiger partial charge on any atom is -0.711 e. The predicted molar refractivity (Wildman–Crippen MR) is 76.2 cm³/mol. The third kappa shape index (κ3) is 2.91. The molecule has 3 rings (SSSR count). The second-order valence-corrected chi connectivity index (χ2v) is 4.75. The fourth-order valence-electron chi connectivity index (χ4n) is 2.06. The molecule has 3 aromatic rings. The van der Waals surface area contributed by atoms with E-state index in [1.807, 2.05) is 0 Å². The smallest absolute Gasteiger partial charge is 0.298 e. The van der Waals surface area contributed by atoms with Crippen molar-refractivity contribution >= 4 is 10.9 Å². The first-order chi connectivity index (χ1) is 10.1. The van der Waals surface area contributed by atoms with E-state index in [0.717, 1.165) is 15.7 Å². The molecule has 0 amide bonds. The van der Waals surface area contributed by atoms with Crippen LogP contribution in [0, 0.1) is 17.9 Å². The van der Waals surface area contributed by atoms with E-state index < -0.39 is 0 Å². The molecule has 0 aliphatic carbocycles. The lowest BCUT2D eigenvalue weighted by Gasteiger charge is -2.07. The van der Waals surface area contributed by atoms with E-state index in [2.05, 4.69) is 4.98 Å². The van der Waals surface area contributed by atoms with Crippen LogP contribution in [-0.2, 0) is 6.61 Å². The van der Waals surface area contributed by atoms with Gasteiger partial charge in [-0.2, -0.15) is 0 Å². The summed E-state index contributed by atoms with van der Waals surface area (Å²) in [6.45, 7) is 1.92. The van der Waals surface area contributed by atoms with E-state index >= 15 is 0 Å². The molecule has 0 atom stereocenters. The van der Waals surface area contributed by atoms with Crippen LogP contribution in [0.2, 0.25) is 0 Å². The molecule has 0 aliphatic rings. The van der Waals surface area contributed by atoms with Gasteiger partial charge in [0.25, 0.3) is 5.82 Å². The summed E-state index contributed by atoms with van der Waals surface area (Å²) in [4.78, 5) is 4.22. The number of benzene rings is 2. The Morgan fingerprint density at radius 2 is 2.10 bits per heavy atom. The van der Waals surface area contributed by atoms with Crippen molar-refractivity contribution in [2.24, 2.45) is 0 Å². The Kier molecular flexibility index (Phi) is 3.39. The maximum Gasteiger partial charge on any atom is 0.298 e. The topological polar surface area (TPSA) is 49.1 Å². The maximum atomic E-state index is 13.1. The van der Waals surface area contributed by atoms with Crippen molar-refractivity contribution in [1.29, 1.82) is 0 Å². The molecule has 1 aromatic heterocycles. The molecular formula is C16H13FN2O2. The van der Waals surface area contributed by atoms with E-state index in [-0.39, 0.29) is 12.4 Å². The van der Waals surface area contributed by atoms with Crippen LogP contribution in [-0.4, -0.2) is 4.98 Å². The molecule has 0 saturated heterocycles. The second-order valence-electron chi connectivity index (χ2n) is 4.75. The first kappa shape index (κ1) is 13.3. The van der Waals surface area contributed by atoms with Crippen molar-refractivity contribution in [3.63, 3.8) is 0 Å². The molecule has 1 heterocycles. The van der Waals surface area contributed by atoms with Gasteiger partial charge < -0.3 is 9.94 Å². The van der Waals surface area contributed by atoms with Gasteiger partial charge in [0, 0.05) is 13.0 Å². The normalized spacial score (nSPS) is 10.8. The SMILES string of the molecule is Cc1nc2cc(OCc3cccc(F)c3)ccc2c[n+]1[O-]. The number of rotatable bonds is 3. The Morgan fingerprint density at radius 1 is 1.24 bits per heavy atom. The zero-order chi connectivity index (χ0) is 14.8. The van der Waals surface area contributed by atoms with Crippen LogP contribution in [0.3, 0.4) is 0 Å². The number of fused-ring (bicyclic) bond motifs is 1. The lowest BCUT2D eigenvalue weighted by Crippen LogP contribution is -2.30. The highest BCUT2D eigenvalue weighted by Gasteiger charge is 2.08. The Bertz CT molecular complexity index is 805. The molecule has 0 spiro atoms. The maximum absolute atomic E-state index is 13.1. The van der Waals surface area contributed by atoms with Crippen LogP contribution in [0.5, 0.6) is 5.75 Å². The average molecular weight is 284 g/mol. The van der Waals surface area contributed by atoms with Crippen molar-refractivity contribution < 1.29 is 13.9 Å². The molecular weight excluding hydrogens is 271 g/mol. The summed E-state index contributed by atoms with van der Waals surface area (Å²) in [5, 5.41) is 12.2. The second kappa shape index (κ2) is 5.36. The molecule has 0 bridgehead atoms. The van der Waals surface area contributed by atoms with E-state index in [1.165, 1.54) is 18.3 Å². The summed E-state index contributed by atoms with van der Waals surface area (Å²) in [6.07, 6.45) is 1.48. The average Bonchev–Trinajstić information content (AvgIpc) is 2.46. The largest absolute Gasteiger partial charge is 0.711 e. The third-order valence-electron chi connectivity index (χ3n) is 3.15. The molecule has 0 saturated carbocycles. The number of hydrogen-bond acceptors (Lipinski definition) is 3. The molecule has 0 fully saturated rings. The first-order valence-corrected chi connectivity index (χ1v) is 6.50. The van der Waals surface area contributed by atoms with E-state index in [4.69, 9.17) is 4.74 Å². The van der Waals surface area contributed by atoms with Gasteiger partial charge in [0.1, 0.15) is 24.4 Å². The monoisotopic (exact) mass is 284 g/mol. The van der Waals surface area contributed by atoms with Gasteiger partial charge in [0.15, 0.2) is 5.52 Å². The van der Waals surface area contributed by atoms with Gasteiger partial charge in [0.05, 0.1) is 5.39 Å². The van der Waals surface area contributed by atoms with Crippen LogP contribution < -0.4 is 9.47 Å². The molecule has 0 unspecified atom stereocenters. The highest BCUT2D eigenvalue weighted by Crippen LogP contribution is 2.19. The fourth-order valence-corrected chi connectivity index (χ4v) is 2.06. The standard InChI is InChI=1S/C16H13FN2O2/c1-11-18-16-8-15(6-5-13(16)9-19(11)20)21-10-12-3-2-4-14(17)7-12/h2-9H,10H2,1H3. The van der Waals surface area contributed by atoms with Crippen molar-refractivity contribution in [2.45, 2.75) is 13.5 Å². The van der Waals surface area contributed by atoms with Crippen LogP contribution in [0.1, 0.15) is 11.4 Å². The first-order valence-electron chi connectivity index (χ1n) is 6.50. The van der Waals surface area contributed by atoms with Crippen LogP contribution in [0.15, 0.2) is 48.7 Å². The van der Waals surface area contributed by atoms with Gasteiger partial charge in [-0.15, -0.1) is 0 Å². The van der Waals surface area contributed by atoms with Crippen molar-refractivity contribution in [3.8, 4) is 5.75 Å². The van der Waals surface area contributed by atoms with Gasteiger partial charge in [-0.3, -0.25) is 0 Å². The van der Waals surface area contributed by atoms with Gasteiger partial charge in [-0.05, 0) is 34.8 Å². The predicted octanol–water partition coefficient (Wildman–Crippen LogP) is 2.89. The highest BCUT2D eigenvalue weighted by molar-refractivity contribution is 5.78. The summed E-state index contributed by atoms with van der Waals surface area (Å²) < 4.78 is 19.5. The third-order valence-corrected chi connectivity index (χ3v) is 3.15. The number of nitrogens with zero attached hydrogens (tertiary/aromatic N) is 2. The van der Waals surface area contributed by atoms with E-state index in [0.29, 0.717) is 17.1 Å². The summed E-state index contributed by atoms with van der Waals surface area (Å²) in [6, 6.07) is 11.6. The summed E-state index contributed by atoms with van der Waals surface area (Å²) >= 11 is 0. The lowest BCUT2D eigenvalue weighted by molar-refractivity contribution is -0.614. The Hall–Kier alpha value is -2.69. The summed E-state index contributed by atoms with van der Waals surface area (Å²) in [5.41, 5.74) is 1.45. The van der Waals surface area contributed by atoms with Crippen molar-refractivity contribution in [3.05, 3.63) is 71.1 Å². The molecule has 21 heavy (non-hydrogen) atoms. The number of ether oxygens (including phenoxy) is 1. The van der Waals surface area contributed by atoms with Gasteiger partial charge in [-0.25, -0.2) is 9.12 Å². The zero-order valence-corrected chi connectivity index (χ0v) is 11.4. The van der Waals surface area contributed by atoms with E-state index in [9.17, 15) is 9.60 Å². The zero-order valence-electron chi connectivity index (χ0n) is 11.4. The lowest BCUT2D eigenvalue weighted by atomic mass is 10.2. The summed E-state index contributed by atoms with van der Waals surface area (Å²) in [5.74, 6) is 0.721. The minimum atomic E-state index is -0.285. The minimum absolute atomic E-state index is 0.274. The highest BCUT2D eigenvalue weighted by atomic mass is 19.1. The molecule has 0 N–H and O–H groups in total. The van der Waals surface area contributed by atoms with Crippen molar-refractivity contribution in [2.75, 3.05) is 0 Å². The molecule has 0 radical (unpaired) electrons. The summed E-state index contributed by atoms with van der Waals surface area (Å²) in [7, 11) is 0. The van der Waals surface area contributed by atoms with Gasteiger partial charge in [-0.1, -0.05) is 12.1 Å². The van der Waals surface area contributed by atoms with Crippen LogP contribution >= 0.6 is 0 Å². The Balaban J connectivity index is 1.83. The van der Waals surface area contributed by atoms with E-state index in [1.54, 1.807) is 37.3 Å². The molecule has 5 heteroatoms. The molecule has 0 aliphatic heterocycles. The molecule has 4 nitrogen and oxygen atoms in total. The van der Waals surface area contributed by atoms with Crippen LogP contribution in [0.4, 0.5) is 4.39 Å². The van der Waals surface area contributed by atoms with Crippen LogP contribution in [0.25, 0.3) is 10.9 Å². The number of halogens is 1. The molecule has 2 aromatic carbocycles. The number of hydrogen-bond donors (Lipinski definition) is 0. The van der Waals surface area contributed by atoms with Gasteiger partial charge >= 0.3 is 0 Å². The van der Waals surface area contributed by atoms with Gasteiger partial charge in [0.2, 0.25) is 0 Å². The fraction of sp³-hybridized carbons (Fsp3) is 0.125. The number of aryl methyl sites for hydroxylation is 1.